The van der Waals surface area contributed by atoms with E-state index < -0.39 is 10.0 Å². The van der Waals surface area contributed by atoms with E-state index in [9.17, 15) is 13.2 Å². The van der Waals surface area contributed by atoms with E-state index in [4.69, 9.17) is 0 Å². The Labute approximate surface area is 182 Å². The van der Waals surface area contributed by atoms with Crippen molar-refractivity contribution in [2.45, 2.75) is 31.8 Å². The summed E-state index contributed by atoms with van der Waals surface area (Å²) in [6.45, 7) is 5.00. The zero-order chi connectivity index (χ0) is 22.4. The summed E-state index contributed by atoms with van der Waals surface area (Å²) in [5, 5.41) is 7.49. The largest absolute Gasteiger partial charge is 0.348 e. The van der Waals surface area contributed by atoms with Crippen LogP contribution in [0.3, 0.4) is 0 Å². The molecule has 0 bridgehead atoms. The first-order valence-electron chi connectivity index (χ1n) is 9.86. The molecule has 1 amide bonds. The summed E-state index contributed by atoms with van der Waals surface area (Å²) < 4.78 is 27.7. The first-order chi connectivity index (χ1) is 14.8. The average Bonchev–Trinajstić information content (AvgIpc) is 3.04. The van der Waals surface area contributed by atoms with E-state index in [2.05, 4.69) is 27.3 Å². The van der Waals surface area contributed by atoms with Crippen molar-refractivity contribution < 1.29 is 13.2 Å². The predicted molar refractivity (Wildman–Crippen MR) is 121 cm³/mol. The summed E-state index contributed by atoms with van der Waals surface area (Å²) in [4.78, 5) is 12.4. The Kier molecular flexibility index (Phi) is 7.04. The SMILES string of the molecule is CNS(=O)(=O)c1ccc(/C=C/C(=O)NCc2c(C)nn(Cc3ccccc3)c2C)cc1. The smallest absolute Gasteiger partial charge is 0.244 e. The molecule has 2 aromatic carbocycles. The van der Waals surface area contributed by atoms with Crippen LogP contribution < -0.4 is 10.0 Å². The van der Waals surface area contributed by atoms with E-state index in [0.29, 0.717) is 13.1 Å². The van der Waals surface area contributed by atoms with Crippen molar-refractivity contribution in [3.8, 4) is 0 Å². The van der Waals surface area contributed by atoms with Crippen molar-refractivity contribution in [3.63, 3.8) is 0 Å². The summed E-state index contributed by atoms with van der Waals surface area (Å²) in [5.74, 6) is -0.235. The molecule has 8 heteroatoms. The van der Waals surface area contributed by atoms with Gasteiger partial charge in [0.1, 0.15) is 0 Å². The minimum Gasteiger partial charge on any atom is -0.348 e. The second-order valence-electron chi connectivity index (χ2n) is 7.12. The van der Waals surface area contributed by atoms with E-state index in [1.807, 2.05) is 36.7 Å². The van der Waals surface area contributed by atoms with Gasteiger partial charge in [0.15, 0.2) is 0 Å². The van der Waals surface area contributed by atoms with Gasteiger partial charge in [-0.15, -0.1) is 0 Å². The number of carbonyl (C=O) groups excluding carboxylic acids is 1. The number of nitrogens with one attached hydrogen (secondary N) is 2. The van der Waals surface area contributed by atoms with Gasteiger partial charge < -0.3 is 5.32 Å². The lowest BCUT2D eigenvalue weighted by Gasteiger charge is -2.06. The Hall–Kier alpha value is -3.23. The quantitative estimate of drug-likeness (QED) is 0.529. The Balaban J connectivity index is 1.61. The van der Waals surface area contributed by atoms with Gasteiger partial charge in [-0.25, -0.2) is 13.1 Å². The zero-order valence-electron chi connectivity index (χ0n) is 17.8. The van der Waals surface area contributed by atoms with Gasteiger partial charge >= 0.3 is 0 Å². The second kappa shape index (κ2) is 9.72. The van der Waals surface area contributed by atoms with Crippen molar-refractivity contribution in [1.29, 1.82) is 0 Å². The molecule has 0 unspecified atom stereocenters. The van der Waals surface area contributed by atoms with Crippen LogP contribution in [-0.4, -0.2) is 31.2 Å². The average molecular weight is 439 g/mol. The van der Waals surface area contributed by atoms with E-state index in [0.717, 1.165) is 22.5 Å². The molecule has 0 aliphatic heterocycles. The van der Waals surface area contributed by atoms with Crippen LogP contribution in [0.4, 0.5) is 0 Å². The highest BCUT2D eigenvalue weighted by Gasteiger charge is 2.13. The van der Waals surface area contributed by atoms with Crippen LogP contribution in [0, 0.1) is 13.8 Å². The third kappa shape index (κ3) is 5.68. The van der Waals surface area contributed by atoms with Crippen LogP contribution >= 0.6 is 0 Å². The molecule has 0 saturated heterocycles. The molecular formula is C23H26N4O3S. The van der Waals surface area contributed by atoms with Gasteiger partial charge in [-0.05, 0) is 50.2 Å². The van der Waals surface area contributed by atoms with Crippen LogP contribution in [0.1, 0.15) is 28.1 Å². The molecule has 2 N–H and O–H groups in total. The Morgan fingerprint density at radius 3 is 2.39 bits per heavy atom. The summed E-state index contributed by atoms with van der Waals surface area (Å²) in [6.07, 6.45) is 3.07. The van der Waals surface area contributed by atoms with Crippen LogP contribution in [0.5, 0.6) is 0 Å². The minimum absolute atomic E-state index is 0.176. The van der Waals surface area contributed by atoms with Crippen LogP contribution in [0.15, 0.2) is 65.6 Å². The maximum Gasteiger partial charge on any atom is 0.244 e. The van der Waals surface area contributed by atoms with Crippen molar-refractivity contribution in [2.75, 3.05) is 7.05 Å². The molecule has 0 fully saturated rings. The number of amides is 1. The standard InChI is InChI=1S/C23H26N4O3S/c1-17-22(18(2)27(26-17)16-20-7-5-4-6-8-20)15-25-23(28)14-11-19-9-12-21(13-10-19)31(29,30)24-3/h4-14,24H,15-16H2,1-3H3,(H,25,28)/b14-11+. The number of sulfonamides is 1. The summed E-state index contributed by atoms with van der Waals surface area (Å²) in [5.41, 5.74) is 4.80. The number of nitrogens with zero attached hydrogens (tertiary/aromatic N) is 2. The summed E-state index contributed by atoms with van der Waals surface area (Å²) >= 11 is 0. The van der Waals surface area contributed by atoms with Gasteiger partial charge in [-0.2, -0.15) is 5.10 Å². The number of hydrogen-bond acceptors (Lipinski definition) is 4. The molecule has 0 aliphatic rings. The minimum atomic E-state index is -3.47. The van der Waals surface area contributed by atoms with Crippen molar-refractivity contribution in [2.24, 2.45) is 0 Å². The van der Waals surface area contributed by atoms with E-state index in [1.54, 1.807) is 18.2 Å². The molecule has 0 spiro atoms. The number of carbonyl (C=O) groups is 1. The topological polar surface area (TPSA) is 93.1 Å². The Morgan fingerprint density at radius 1 is 1.06 bits per heavy atom. The lowest BCUT2D eigenvalue weighted by Crippen LogP contribution is -2.21. The van der Waals surface area contributed by atoms with Crippen LogP contribution in [0.25, 0.3) is 6.08 Å². The first-order valence-corrected chi connectivity index (χ1v) is 11.3. The third-order valence-electron chi connectivity index (χ3n) is 5.03. The van der Waals surface area contributed by atoms with Crippen molar-refractivity contribution in [3.05, 3.63) is 88.8 Å². The summed E-state index contributed by atoms with van der Waals surface area (Å²) in [6, 6.07) is 16.4. The van der Waals surface area contributed by atoms with Crippen LogP contribution in [0.2, 0.25) is 0 Å². The van der Waals surface area contributed by atoms with Gasteiger partial charge in [0, 0.05) is 23.9 Å². The molecule has 1 heterocycles. The third-order valence-corrected chi connectivity index (χ3v) is 6.46. The van der Waals surface area contributed by atoms with Gasteiger partial charge in [0.2, 0.25) is 15.9 Å². The van der Waals surface area contributed by atoms with Crippen molar-refractivity contribution in [1.82, 2.24) is 19.8 Å². The van der Waals surface area contributed by atoms with Gasteiger partial charge in [0.05, 0.1) is 17.1 Å². The molecule has 0 aliphatic carbocycles. The Morgan fingerprint density at radius 2 is 1.74 bits per heavy atom. The van der Waals surface area contributed by atoms with Crippen molar-refractivity contribution >= 4 is 22.0 Å². The molecule has 7 nitrogen and oxygen atoms in total. The maximum atomic E-state index is 12.3. The highest BCUT2D eigenvalue weighted by molar-refractivity contribution is 7.89. The normalized spacial score (nSPS) is 11.7. The highest BCUT2D eigenvalue weighted by Crippen LogP contribution is 2.15. The fourth-order valence-electron chi connectivity index (χ4n) is 3.18. The predicted octanol–water partition coefficient (Wildman–Crippen LogP) is 2.79. The highest BCUT2D eigenvalue weighted by atomic mass is 32.2. The maximum absolute atomic E-state index is 12.3. The molecule has 3 rings (SSSR count). The van der Waals surface area contributed by atoms with E-state index >= 15 is 0 Å². The monoisotopic (exact) mass is 438 g/mol. The number of aromatic nitrogens is 2. The number of benzene rings is 2. The molecule has 162 valence electrons. The molecule has 1 aromatic heterocycles. The van der Waals surface area contributed by atoms with Gasteiger partial charge in [-0.1, -0.05) is 42.5 Å². The number of rotatable bonds is 8. The fraction of sp³-hybridized carbons (Fsp3) is 0.217. The fourth-order valence-corrected chi connectivity index (χ4v) is 3.91. The van der Waals surface area contributed by atoms with Crippen LogP contribution in [-0.2, 0) is 27.9 Å². The molecule has 3 aromatic rings. The summed E-state index contributed by atoms with van der Waals surface area (Å²) in [7, 11) is -2.11. The van der Waals surface area contributed by atoms with Gasteiger partial charge in [0.25, 0.3) is 0 Å². The number of aryl methyl sites for hydroxylation is 1. The molecular weight excluding hydrogens is 412 g/mol. The molecule has 0 saturated carbocycles. The lowest BCUT2D eigenvalue weighted by atomic mass is 10.2. The zero-order valence-corrected chi connectivity index (χ0v) is 18.6. The molecule has 0 atom stereocenters. The number of hydrogen-bond donors (Lipinski definition) is 2. The molecule has 31 heavy (non-hydrogen) atoms. The molecule has 0 radical (unpaired) electrons. The van der Waals surface area contributed by atoms with E-state index in [-0.39, 0.29) is 10.8 Å². The Bertz CT molecular complexity index is 1180. The second-order valence-corrected chi connectivity index (χ2v) is 9.01. The van der Waals surface area contributed by atoms with E-state index in [1.165, 1.54) is 30.8 Å². The lowest BCUT2D eigenvalue weighted by molar-refractivity contribution is -0.116. The van der Waals surface area contributed by atoms with Gasteiger partial charge in [-0.3, -0.25) is 9.48 Å². The first kappa shape index (κ1) is 22.5.